The van der Waals surface area contributed by atoms with Gasteiger partial charge < -0.3 is 15.0 Å². The number of hydrogen-bond donors (Lipinski definition) is 1. The summed E-state index contributed by atoms with van der Waals surface area (Å²) in [6, 6.07) is 0.364. The van der Waals surface area contributed by atoms with E-state index in [0.29, 0.717) is 17.0 Å². The van der Waals surface area contributed by atoms with Crippen LogP contribution in [0.3, 0.4) is 0 Å². The number of halogens is 1. The van der Waals surface area contributed by atoms with Crippen LogP contribution in [0.5, 0.6) is 6.01 Å². The van der Waals surface area contributed by atoms with Gasteiger partial charge >= 0.3 is 6.01 Å². The van der Waals surface area contributed by atoms with E-state index in [1.165, 1.54) is 12.8 Å². The third kappa shape index (κ3) is 3.70. The number of hydrogen-bond acceptors (Lipinski definition) is 5. The maximum absolute atomic E-state index is 6.21. The van der Waals surface area contributed by atoms with Crippen LogP contribution < -0.4 is 15.0 Å². The Hall–Kier alpha value is -1.07. The van der Waals surface area contributed by atoms with E-state index >= 15 is 0 Å². The standard InChI is InChI=1S/C13H21ClN4O/c1-3-18(9-10-4-6-15-7-5-10)12-11(14)8-16-13(17-12)19-2/h8,10,15H,3-7,9H2,1-2H3. The fraction of sp³-hybridized carbons (Fsp3) is 0.692. The lowest BCUT2D eigenvalue weighted by Crippen LogP contribution is -2.36. The third-order valence-electron chi connectivity index (χ3n) is 3.50. The van der Waals surface area contributed by atoms with E-state index in [0.717, 1.165) is 32.0 Å². The summed E-state index contributed by atoms with van der Waals surface area (Å²) in [6.07, 6.45) is 4.01. The molecule has 6 heteroatoms. The van der Waals surface area contributed by atoms with E-state index in [-0.39, 0.29) is 0 Å². The van der Waals surface area contributed by atoms with Crippen molar-refractivity contribution in [3.05, 3.63) is 11.2 Å². The first-order chi connectivity index (χ1) is 9.24. The van der Waals surface area contributed by atoms with E-state index in [2.05, 4.69) is 27.1 Å². The summed E-state index contributed by atoms with van der Waals surface area (Å²) in [7, 11) is 1.57. The quantitative estimate of drug-likeness (QED) is 0.896. The molecule has 1 N–H and O–H groups in total. The molecule has 1 aliphatic rings. The van der Waals surface area contributed by atoms with Crippen molar-refractivity contribution in [3.63, 3.8) is 0 Å². The van der Waals surface area contributed by atoms with Gasteiger partial charge in [0.2, 0.25) is 0 Å². The van der Waals surface area contributed by atoms with Crippen LogP contribution >= 0.6 is 11.6 Å². The van der Waals surface area contributed by atoms with Gasteiger partial charge in [0.25, 0.3) is 0 Å². The van der Waals surface area contributed by atoms with Crippen LogP contribution in [-0.2, 0) is 0 Å². The SMILES string of the molecule is CCN(CC1CCNCC1)c1nc(OC)ncc1Cl. The third-order valence-corrected chi connectivity index (χ3v) is 3.77. The minimum absolute atomic E-state index is 0.364. The van der Waals surface area contributed by atoms with Gasteiger partial charge in [0.15, 0.2) is 5.82 Å². The smallest absolute Gasteiger partial charge is 0.318 e. The Balaban J connectivity index is 2.11. The predicted octanol–water partition coefficient (Wildman–Crippen LogP) is 1.96. The van der Waals surface area contributed by atoms with Crippen molar-refractivity contribution in [1.29, 1.82) is 0 Å². The van der Waals surface area contributed by atoms with Crippen LogP contribution in [0, 0.1) is 5.92 Å². The number of ether oxygens (including phenoxy) is 1. The highest BCUT2D eigenvalue weighted by Crippen LogP contribution is 2.26. The molecule has 1 fully saturated rings. The Kier molecular flexibility index (Phi) is 5.22. The number of piperidine rings is 1. The lowest BCUT2D eigenvalue weighted by Gasteiger charge is -2.30. The molecular weight excluding hydrogens is 264 g/mol. The molecule has 1 saturated heterocycles. The van der Waals surface area contributed by atoms with Crippen LogP contribution in [0.4, 0.5) is 5.82 Å². The Bertz CT molecular complexity index is 410. The van der Waals surface area contributed by atoms with Crippen molar-refractivity contribution in [1.82, 2.24) is 15.3 Å². The van der Waals surface area contributed by atoms with E-state index in [9.17, 15) is 0 Å². The van der Waals surface area contributed by atoms with Crippen LogP contribution in [0.25, 0.3) is 0 Å². The molecule has 0 aromatic carbocycles. The minimum Gasteiger partial charge on any atom is -0.467 e. The second-order valence-corrected chi connectivity index (χ2v) is 5.17. The van der Waals surface area contributed by atoms with Gasteiger partial charge in [-0.3, -0.25) is 0 Å². The van der Waals surface area contributed by atoms with Gasteiger partial charge in [-0.2, -0.15) is 4.98 Å². The van der Waals surface area contributed by atoms with Crippen molar-refractivity contribution >= 4 is 17.4 Å². The van der Waals surface area contributed by atoms with Crippen LogP contribution in [0.2, 0.25) is 5.02 Å². The molecule has 19 heavy (non-hydrogen) atoms. The molecule has 1 aromatic rings. The molecule has 0 aliphatic carbocycles. The average Bonchev–Trinajstić information content (AvgIpc) is 2.47. The molecule has 2 rings (SSSR count). The Morgan fingerprint density at radius 2 is 2.21 bits per heavy atom. The number of aromatic nitrogens is 2. The molecule has 0 spiro atoms. The number of nitrogens with one attached hydrogen (secondary N) is 1. The van der Waals surface area contributed by atoms with E-state index in [1.54, 1.807) is 13.3 Å². The minimum atomic E-state index is 0.364. The number of nitrogens with zero attached hydrogens (tertiary/aromatic N) is 3. The molecule has 0 amide bonds. The predicted molar refractivity (Wildman–Crippen MR) is 77.1 cm³/mol. The van der Waals surface area contributed by atoms with Crippen LogP contribution in [0.1, 0.15) is 19.8 Å². The zero-order valence-electron chi connectivity index (χ0n) is 11.5. The lowest BCUT2D eigenvalue weighted by molar-refractivity contribution is 0.369. The Morgan fingerprint density at radius 1 is 1.47 bits per heavy atom. The number of methoxy groups -OCH3 is 1. The van der Waals surface area contributed by atoms with Crippen molar-refractivity contribution < 1.29 is 4.74 Å². The molecular formula is C13H21ClN4O. The number of anilines is 1. The van der Waals surface area contributed by atoms with E-state index in [4.69, 9.17) is 16.3 Å². The summed E-state index contributed by atoms with van der Waals surface area (Å²) in [5.74, 6) is 1.47. The highest BCUT2D eigenvalue weighted by Gasteiger charge is 2.19. The summed E-state index contributed by atoms with van der Waals surface area (Å²) in [4.78, 5) is 10.6. The molecule has 0 unspecified atom stereocenters. The van der Waals surface area contributed by atoms with Gasteiger partial charge in [-0.15, -0.1) is 0 Å². The molecule has 1 aromatic heterocycles. The normalized spacial score (nSPS) is 16.4. The summed E-state index contributed by atoms with van der Waals surface area (Å²) in [5, 5.41) is 3.97. The fourth-order valence-corrected chi connectivity index (χ4v) is 2.61. The number of rotatable bonds is 5. The second-order valence-electron chi connectivity index (χ2n) is 4.76. The first kappa shape index (κ1) is 14.3. The summed E-state index contributed by atoms with van der Waals surface area (Å²) < 4.78 is 5.08. The van der Waals surface area contributed by atoms with Crippen LogP contribution in [-0.4, -0.2) is 43.3 Å². The molecule has 2 heterocycles. The molecule has 0 bridgehead atoms. The van der Waals surface area contributed by atoms with Gasteiger partial charge in [0.05, 0.1) is 13.3 Å². The largest absolute Gasteiger partial charge is 0.467 e. The van der Waals surface area contributed by atoms with Gasteiger partial charge in [-0.05, 0) is 38.8 Å². The van der Waals surface area contributed by atoms with E-state index < -0.39 is 0 Å². The fourth-order valence-electron chi connectivity index (χ4n) is 2.40. The van der Waals surface area contributed by atoms with Crippen molar-refractivity contribution in [2.24, 2.45) is 5.92 Å². The van der Waals surface area contributed by atoms with Gasteiger partial charge in [0.1, 0.15) is 5.02 Å². The van der Waals surface area contributed by atoms with E-state index in [1.807, 2.05) is 0 Å². The zero-order chi connectivity index (χ0) is 13.7. The Morgan fingerprint density at radius 3 is 2.84 bits per heavy atom. The van der Waals surface area contributed by atoms with Crippen molar-refractivity contribution in [2.45, 2.75) is 19.8 Å². The second kappa shape index (κ2) is 6.91. The van der Waals surface area contributed by atoms with Gasteiger partial charge in [-0.25, -0.2) is 4.98 Å². The summed E-state index contributed by atoms with van der Waals surface area (Å²) in [6.45, 7) is 6.18. The monoisotopic (exact) mass is 284 g/mol. The van der Waals surface area contributed by atoms with Crippen molar-refractivity contribution in [3.8, 4) is 6.01 Å². The molecule has 106 valence electrons. The lowest BCUT2D eigenvalue weighted by atomic mass is 9.97. The van der Waals surface area contributed by atoms with Gasteiger partial charge in [0, 0.05) is 13.1 Å². The molecule has 0 radical (unpaired) electrons. The summed E-state index contributed by atoms with van der Waals surface area (Å²) in [5.41, 5.74) is 0. The van der Waals surface area contributed by atoms with Gasteiger partial charge in [-0.1, -0.05) is 11.6 Å². The highest BCUT2D eigenvalue weighted by atomic mass is 35.5. The first-order valence-electron chi connectivity index (χ1n) is 6.76. The maximum Gasteiger partial charge on any atom is 0.318 e. The zero-order valence-corrected chi connectivity index (χ0v) is 12.3. The van der Waals surface area contributed by atoms with Crippen LogP contribution in [0.15, 0.2) is 6.20 Å². The Labute approximate surface area is 119 Å². The summed E-state index contributed by atoms with van der Waals surface area (Å²) >= 11 is 6.21. The van der Waals surface area contributed by atoms with Crippen molar-refractivity contribution in [2.75, 3.05) is 38.2 Å². The molecule has 5 nitrogen and oxygen atoms in total. The first-order valence-corrected chi connectivity index (χ1v) is 7.14. The average molecular weight is 285 g/mol. The topological polar surface area (TPSA) is 50.3 Å². The molecule has 0 atom stereocenters. The highest BCUT2D eigenvalue weighted by molar-refractivity contribution is 6.32. The molecule has 1 aliphatic heterocycles. The maximum atomic E-state index is 6.21. The molecule has 0 saturated carbocycles.